The number of aryl methyl sites for hydroxylation is 1. The number of fused-ring (bicyclic) bond motifs is 1. The number of hydrogen-bond donors (Lipinski definition) is 1. The SMILES string of the molecule is CC(C)C[As](Cc1ccc2c(c1)CCCO2)C(=O)C1CN(C(=O)O)CCO1. The summed E-state index contributed by atoms with van der Waals surface area (Å²) in [6.45, 7) is 5.84. The van der Waals surface area contributed by atoms with Crippen LogP contribution in [0.25, 0.3) is 0 Å². The third kappa shape index (κ3) is 5.26. The first-order valence-electron chi connectivity index (χ1n) is 9.57. The molecule has 3 rings (SSSR count). The van der Waals surface area contributed by atoms with Crippen molar-refractivity contribution in [1.82, 2.24) is 4.90 Å². The van der Waals surface area contributed by atoms with E-state index in [1.54, 1.807) is 0 Å². The predicted molar refractivity (Wildman–Crippen MR) is 104 cm³/mol. The topological polar surface area (TPSA) is 76.1 Å². The molecule has 0 aliphatic carbocycles. The maximum absolute atomic E-state index is 13.2. The summed E-state index contributed by atoms with van der Waals surface area (Å²) in [6, 6.07) is 6.29. The standard InChI is InChI=1S/C20H28AsNO5/c1-14(2)11-21(19(23)18-13-22(20(24)25)7-9-27-18)12-15-5-6-17-16(10-15)4-3-8-26-17/h5-6,10,14,18H,3-4,7-9,11-13H2,1-2H3,(H,24,25). The fraction of sp³-hybridized carbons (Fsp3) is 0.600. The van der Waals surface area contributed by atoms with Gasteiger partial charge in [-0.1, -0.05) is 0 Å². The number of carboxylic acid groups (broad SMARTS) is 1. The zero-order chi connectivity index (χ0) is 19.4. The van der Waals surface area contributed by atoms with Crippen LogP contribution in [-0.2, 0) is 21.2 Å². The van der Waals surface area contributed by atoms with Gasteiger partial charge in [0.05, 0.1) is 0 Å². The molecule has 6 nitrogen and oxygen atoms in total. The molecule has 1 amide bonds. The summed E-state index contributed by atoms with van der Waals surface area (Å²) in [7, 11) is 0. The molecule has 1 N–H and O–H groups in total. The summed E-state index contributed by atoms with van der Waals surface area (Å²) in [5, 5.41) is 10.9. The number of hydrogen-bond acceptors (Lipinski definition) is 4. The summed E-state index contributed by atoms with van der Waals surface area (Å²) >= 11 is -1.89. The van der Waals surface area contributed by atoms with Crippen LogP contribution in [0.3, 0.4) is 0 Å². The predicted octanol–water partition coefficient (Wildman–Crippen LogP) is 2.73. The molecule has 1 aromatic carbocycles. The summed E-state index contributed by atoms with van der Waals surface area (Å²) in [5.41, 5.74) is 2.43. The summed E-state index contributed by atoms with van der Waals surface area (Å²) < 4.78 is 11.5. The Balaban J connectivity index is 1.73. The van der Waals surface area contributed by atoms with Gasteiger partial charge in [0.2, 0.25) is 0 Å². The Morgan fingerprint density at radius 2 is 2.15 bits per heavy atom. The van der Waals surface area contributed by atoms with Gasteiger partial charge in [-0.15, -0.1) is 0 Å². The number of rotatable bonds is 6. The molecule has 1 aromatic rings. The number of benzene rings is 1. The molecule has 1 fully saturated rings. The number of nitrogens with zero attached hydrogens (tertiary/aromatic N) is 1. The first kappa shape index (κ1) is 20.2. The average molecular weight is 437 g/mol. The molecule has 2 aliphatic heterocycles. The van der Waals surface area contributed by atoms with Crippen LogP contribution in [0.1, 0.15) is 31.4 Å². The van der Waals surface area contributed by atoms with Crippen molar-refractivity contribution in [2.24, 2.45) is 5.92 Å². The molecular formula is C20H28AsNO5. The molecule has 27 heavy (non-hydrogen) atoms. The van der Waals surface area contributed by atoms with E-state index in [0.717, 1.165) is 35.6 Å². The second-order valence-electron chi connectivity index (χ2n) is 7.59. The first-order valence-corrected chi connectivity index (χ1v) is 13.2. The molecular weight excluding hydrogens is 409 g/mol. The van der Waals surface area contributed by atoms with Crippen LogP contribution >= 0.6 is 0 Å². The van der Waals surface area contributed by atoms with E-state index in [1.165, 1.54) is 16.0 Å². The Morgan fingerprint density at radius 3 is 2.89 bits per heavy atom. The van der Waals surface area contributed by atoms with Gasteiger partial charge in [0.15, 0.2) is 0 Å². The van der Waals surface area contributed by atoms with Crippen LogP contribution in [0.4, 0.5) is 4.79 Å². The number of ether oxygens (including phenoxy) is 2. The van der Waals surface area contributed by atoms with Gasteiger partial charge in [-0.25, -0.2) is 0 Å². The molecule has 2 atom stereocenters. The quantitative estimate of drug-likeness (QED) is 0.693. The fourth-order valence-corrected chi connectivity index (χ4v) is 8.93. The number of morpholine rings is 1. The van der Waals surface area contributed by atoms with Gasteiger partial charge in [-0.2, -0.15) is 0 Å². The van der Waals surface area contributed by atoms with Crippen molar-refractivity contribution in [3.8, 4) is 5.75 Å². The molecule has 148 valence electrons. The Kier molecular flexibility index (Phi) is 6.82. The van der Waals surface area contributed by atoms with E-state index in [0.29, 0.717) is 19.1 Å². The monoisotopic (exact) mass is 437 g/mol. The van der Waals surface area contributed by atoms with E-state index < -0.39 is 26.8 Å². The van der Waals surface area contributed by atoms with Crippen molar-refractivity contribution in [2.75, 3.05) is 26.3 Å². The Labute approximate surface area is 165 Å². The zero-order valence-corrected chi connectivity index (χ0v) is 17.9. The van der Waals surface area contributed by atoms with Crippen molar-refractivity contribution in [2.45, 2.75) is 43.2 Å². The fourth-order valence-electron chi connectivity index (χ4n) is 3.58. The molecule has 2 aliphatic rings. The number of carbonyl (C=O) groups is 2. The van der Waals surface area contributed by atoms with E-state index in [9.17, 15) is 14.7 Å². The molecule has 2 heterocycles. The normalized spacial score (nSPS) is 20.7. The summed E-state index contributed by atoms with van der Waals surface area (Å²) in [4.78, 5) is 25.7. The summed E-state index contributed by atoms with van der Waals surface area (Å²) in [6.07, 6.45) is 0.473. The van der Waals surface area contributed by atoms with Crippen LogP contribution in [0.5, 0.6) is 5.75 Å². The molecule has 0 bridgehead atoms. The molecule has 0 radical (unpaired) electrons. The van der Waals surface area contributed by atoms with Gasteiger partial charge in [0.1, 0.15) is 0 Å². The van der Waals surface area contributed by atoms with Gasteiger partial charge in [-0.3, -0.25) is 0 Å². The van der Waals surface area contributed by atoms with Gasteiger partial charge < -0.3 is 0 Å². The summed E-state index contributed by atoms with van der Waals surface area (Å²) in [5.74, 6) is 1.40. The number of carbonyl (C=O) groups excluding carboxylic acids is 1. The van der Waals surface area contributed by atoms with Gasteiger partial charge in [0.25, 0.3) is 0 Å². The van der Waals surface area contributed by atoms with E-state index >= 15 is 0 Å². The Bertz CT molecular complexity index is 693. The van der Waals surface area contributed by atoms with Crippen LogP contribution in [0, 0.1) is 5.92 Å². The van der Waals surface area contributed by atoms with Crippen LogP contribution in [-0.4, -0.2) is 67.7 Å². The minimum atomic E-state index is -1.89. The first-order chi connectivity index (χ1) is 12.9. The van der Waals surface area contributed by atoms with Gasteiger partial charge >= 0.3 is 165 Å². The van der Waals surface area contributed by atoms with E-state index in [4.69, 9.17) is 9.47 Å². The molecule has 2 unspecified atom stereocenters. The Hall–Kier alpha value is -1.52. The third-order valence-electron chi connectivity index (χ3n) is 4.86. The maximum atomic E-state index is 13.2. The number of amides is 1. The van der Waals surface area contributed by atoms with Crippen LogP contribution in [0.2, 0.25) is 5.21 Å². The second kappa shape index (κ2) is 9.11. The molecule has 0 spiro atoms. The third-order valence-corrected chi connectivity index (χ3v) is 10.8. The van der Waals surface area contributed by atoms with Crippen molar-refractivity contribution < 1.29 is 24.2 Å². The Morgan fingerprint density at radius 1 is 1.33 bits per heavy atom. The minimum absolute atomic E-state index is 0.162. The van der Waals surface area contributed by atoms with E-state index in [1.807, 2.05) is 6.07 Å². The van der Waals surface area contributed by atoms with Crippen LogP contribution in [0.15, 0.2) is 18.2 Å². The average Bonchev–Trinajstić information content (AvgIpc) is 2.66. The second-order valence-corrected chi connectivity index (χ2v) is 12.2. The molecule has 7 heteroatoms. The van der Waals surface area contributed by atoms with Crippen molar-refractivity contribution in [1.29, 1.82) is 0 Å². The van der Waals surface area contributed by atoms with Gasteiger partial charge in [-0.05, 0) is 0 Å². The van der Waals surface area contributed by atoms with Crippen molar-refractivity contribution in [3.63, 3.8) is 0 Å². The van der Waals surface area contributed by atoms with E-state index in [-0.39, 0.29) is 11.1 Å². The van der Waals surface area contributed by atoms with Gasteiger partial charge in [0, 0.05) is 0 Å². The van der Waals surface area contributed by atoms with Crippen molar-refractivity contribution in [3.05, 3.63) is 29.3 Å². The van der Waals surface area contributed by atoms with Crippen molar-refractivity contribution >= 4 is 25.3 Å². The zero-order valence-electron chi connectivity index (χ0n) is 16.0. The molecule has 1 saturated heterocycles. The van der Waals surface area contributed by atoms with E-state index in [2.05, 4.69) is 26.0 Å². The molecule has 0 aromatic heterocycles. The molecule has 0 saturated carbocycles. The van der Waals surface area contributed by atoms with Crippen LogP contribution < -0.4 is 4.74 Å².